The van der Waals surface area contributed by atoms with Gasteiger partial charge < -0.3 is 15.7 Å². The second-order valence-electron chi connectivity index (χ2n) is 4.60. The number of anilines is 2. The molecule has 3 N–H and O–H groups in total. The number of hydrogen-bond acceptors (Lipinski definition) is 5. The van der Waals surface area contributed by atoms with Crippen molar-refractivity contribution in [3.8, 4) is 0 Å². The van der Waals surface area contributed by atoms with Crippen LogP contribution in [0.4, 0.5) is 11.8 Å². The summed E-state index contributed by atoms with van der Waals surface area (Å²) in [6.07, 6.45) is 6.70. The molecule has 0 aliphatic heterocycles. The van der Waals surface area contributed by atoms with Crippen LogP contribution in [0.25, 0.3) is 0 Å². The second-order valence-corrected chi connectivity index (χ2v) is 5.45. The Hall–Kier alpha value is -0.880. The lowest BCUT2D eigenvalue weighted by molar-refractivity contribution is 0.144. The summed E-state index contributed by atoms with van der Waals surface area (Å²) in [5.41, 5.74) is 0. The average Bonchev–Trinajstić information content (AvgIpc) is 2.58. The zero-order valence-corrected chi connectivity index (χ0v) is 12.1. The van der Waals surface area contributed by atoms with Gasteiger partial charge in [0, 0.05) is 13.2 Å². The zero-order valence-electron chi connectivity index (χ0n) is 10.5. The Labute approximate surface area is 116 Å². The van der Waals surface area contributed by atoms with E-state index in [9.17, 15) is 5.11 Å². The minimum absolute atomic E-state index is 0.0726. The lowest BCUT2D eigenvalue weighted by Gasteiger charge is -2.23. The molecule has 2 atom stereocenters. The van der Waals surface area contributed by atoms with E-state index in [4.69, 9.17) is 0 Å². The van der Waals surface area contributed by atoms with E-state index in [1.165, 1.54) is 6.42 Å². The van der Waals surface area contributed by atoms with E-state index in [1.807, 2.05) is 0 Å². The van der Waals surface area contributed by atoms with Crippen molar-refractivity contribution in [1.29, 1.82) is 0 Å². The molecule has 6 heteroatoms. The van der Waals surface area contributed by atoms with Gasteiger partial charge in [-0.1, -0.05) is 19.3 Å². The number of aliphatic hydroxyl groups is 1. The van der Waals surface area contributed by atoms with E-state index < -0.39 is 0 Å². The molecule has 2 rings (SSSR count). The highest BCUT2D eigenvalue weighted by molar-refractivity contribution is 9.10. The van der Waals surface area contributed by atoms with Gasteiger partial charge in [0.05, 0.1) is 16.6 Å². The molecule has 0 bridgehead atoms. The van der Waals surface area contributed by atoms with Crippen molar-refractivity contribution < 1.29 is 5.11 Å². The predicted molar refractivity (Wildman–Crippen MR) is 75.8 cm³/mol. The fourth-order valence-corrected chi connectivity index (χ4v) is 2.53. The smallest absolute Gasteiger partial charge is 0.224 e. The highest BCUT2D eigenvalue weighted by Crippen LogP contribution is 2.25. The van der Waals surface area contributed by atoms with Gasteiger partial charge in [0.1, 0.15) is 5.82 Å². The van der Waals surface area contributed by atoms with Crippen LogP contribution in [0.3, 0.4) is 0 Å². The topological polar surface area (TPSA) is 70.1 Å². The third-order valence-electron chi connectivity index (χ3n) is 3.27. The van der Waals surface area contributed by atoms with Crippen molar-refractivity contribution in [3.05, 3.63) is 10.7 Å². The average molecular weight is 315 g/mol. The molecule has 0 radical (unpaired) electrons. The summed E-state index contributed by atoms with van der Waals surface area (Å²) in [5, 5.41) is 16.3. The predicted octanol–water partition coefficient (Wildman–Crippen LogP) is 2.39. The number of nitrogens with zero attached hydrogens (tertiary/aromatic N) is 2. The van der Waals surface area contributed by atoms with Gasteiger partial charge in [-0.3, -0.25) is 0 Å². The van der Waals surface area contributed by atoms with Crippen LogP contribution in [-0.2, 0) is 0 Å². The summed E-state index contributed by atoms with van der Waals surface area (Å²) in [7, 11) is 1.79. The second kappa shape index (κ2) is 6.33. The van der Waals surface area contributed by atoms with Gasteiger partial charge in [-0.05, 0) is 28.8 Å². The number of aromatic nitrogens is 2. The first-order valence-electron chi connectivity index (χ1n) is 6.35. The van der Waals surface area contributed by atoms with E-state index in [0.717, 1.165) is 36.0 Å². The molecule has 1 aromatic rings. The maximum absolute atomic E-state index is 10.1. The number of hydrogen-bond donors (Lipinski definition) is 3. The summed E-state index contributed by atoms with van der Waals surface area (Å²) in [5.74, 6) is 1.31. The van der Waals surface area contributed by atoms with Crippen LogP contribution in [0, 0.1) is 0 Å². The van der Waals surface area contributed by atoms with Crippen molar-refractivity contribution in [2.75, 3.05) is 17.7 Å². The molecule has 1 aliphatic carbocycles. The quantitative estimate of drug-likeness (QED) is 0.747. The fourth-order valence-electron chi connectivity index (χ4n) is 2.22. The number of aliphatic hydroxyl groups excluding tert-OH is 1. The molecular weight excluding hydrogens is 296 g/mol. The van der Waals surface area contributed by atoms with Gasteiger partial charge in [-0.15, -0.1) is 0 Å². The fraction of sp³-hybridized carbons (Fsp3) is 0.667. The highest BCUT2D eigenvalue weighted by atomic mass is 79.9. The van der Waals surface area contributed by atoms with E-state index >= 15 is 0 Å². The van der Waals surface area contributed by atoms with Crippen molar-refractivity contribution in [1.82, 2.24) is 9.97 Å². The number of halogens is 1. The van der Waals surface area contributed by atoms with Gasteiger partial charge in [0.25, 0.3) is 0 Å². The number of rotatable bonds is 3. The molecule has 1 aromatic heterocycles. The Morgan fingerprint density at radius 1 is 1.33 bits per heavy atom. The van der Waals surface area contributed by atoms with Crippen LogP contribution in [0.2, 0.25) is 0 Å². The molecule has 1 saturated carbocycles. The van der Waals surface area contributed by atoms with E-state index in [0.29, 0.717) is 5.95 Å². The maximum Gasteiger partial charge on any atom is 0.224 e. The third kappa shape index (κ3) is 3.32. The summed E-state index contributed by atoms with van der Waals surface area (Å²) in [4.78, 5) is 8.48. The van der Waals surface area contributed by atoms with Crippen LogP contribution in [0.5, 0.6) is 0 Å². The largest absolute Gasteiger partial charge is 0.391 e. The molecule has 2 unspecified atom stereocenters. The Kier molecular flexibility index (Phi) is 4.77. The first kappa shape index (κ1) is 13.5. The van der Waals surface area contributed by atoms with Crippen molar-refractivity contribution in [2.45, 2.75) is 44.2 Å². The lowest BCUT2D eigenvalue weighted by Crippen LogP contribution is -2.33. The molecule has 100 valence electrons. The van der Waals surface area contributed by atoms with E-state index in [1.54, 1.807) is 13.2 Å². The Morgan fingerprint density at radius 3 is 2.89 bits per heavy atom. The highest BCUT2D eigenvalue weighted by Gasteiger charge is 2.22. The third-order valence-corrected chi connectivity index (χ3v) is 3.85. The minimum Gasteiger partial charge on any atom is -0.391 e. The normalized spacial score (nSPS) is 24.4. The van der Waals surface area contributed by atoms with E-state index in [-0.39, 0.29) is 12.1 Å². The van der Waals surface area contributed by atoms with Crippen LogP contribution < -0.4 is 10.6 Å². The Bertz CT molecular complexity index is 402. The maximum atomic E-state index is 10.1. The molecule has 1 heterocycles. The molecule has 0 aromatic carbocycles. The summed E-state index contributed by atoms with van der Waals surface area (Å²) >= 11 is 3.43. The minimum atomic E-state index is -0.299. The molecule has 0 spiro atoms. The first-order valence-corrected chi connectivity index (χ1v) is 7.15. The van der Waals surface area contributed by atoms with Crippen LogP contribution in [0.1, 0.15) is 32.1 Å². The van der Waals surface area contributed by atoms with Crippen LogP contribution in [0.15, 0.2) is 10.7 Å². The molecule has 18 heavy (non-hydrogen) atoms. The summed E-state index contributed by atoms with van der Waals surface area (Å²) in [6, 6.07) is 0.0726. The molecular formula is C12H19BrN4O. The Morgan fingerprint density at radius 2 is 2.11 bits per heavy atom. The molecule has 0 saturated heterocycles. The van der Waals surface area contributed by atoms with Gasteiger partial charge in [0.15, 0.2) is 0 Å². The van der Waals surface area contributed by atoms with Crippen molar-refractivity contribution in [3.63, 3.8) is 0 Å². The lowest BCUT2D eigenvalue weighted by atomic mass is 10.1. The number of nitrogens with one attached hydrogen (secondary N) is 2. The monoisotopic (exact) mass is 314 g/mol. The summed E-state index contributed by atoms with van der Waals surface area (Å²) in [6.45, 7) is 0. The zero-order chi connectivity index (χ0) is 13.0. The molecule has 1 fully saturated rings. The van der Waals surface area contributed by atoms with E-state index in [2.05, 4.69) is 36.5 Å². The van der Waals surface area contributed by atoms with Crippen molar-refractivity contribution in [2.24, 2.45) is 0 Å². The SMILES string of the molecule is CNc1ncc(Br)c(NC2CCCCCC2O)n1. The molecule has 1 aliphatic rings. The molecule has 5 nitrogen and oxygen atoms in total. The summed E-state index contributed by atoms with van der Waals surface area (Å²) < 4.78 is 0.818. The van der Waals surface area contributed by atoms with Gasteiger partial charge in [0.2, 0.25) is 5.95 Å². The Balaban J connectivity index is 2.11. The standard InChI is InChI=1S/C12H19BrN4O/c1-14-12-15-7-8(13)11(17-12)16-9-5-3-2-4-6-10(9)18/h7,9-10,18H,2-6H2,1H3,(H2,14,15,16,17). The van der Waals surface area contributed by atoms with Crippen LogP contribution in [-0.4, -0.2) is 34.3 Å². The van der Waals surface area contributed by atoms with Gasteiger partial charge in [-0.25, -0.2) is 4.98 Å². The van der Waals surface area contributed by atoms with Gasteiger partial charge >= 0.3 is 0 Å². The molecule has 0 amide bonds. The van der Waals surface area contributed by atoms with Gasteiger partial charge in [-0.2, -0.15) is 4.98 Å². The first-order chi connectivity index (χ1) is 8.70. The van der Waals surface area contributed by atoms with Crippen molar-refractivity contribution >= 4 is 27.7 Å². The van der Waals surface area contributed by atoms with Crippen LogP contribution >= 0.6 is 15.9 Å².